The molecule has 2 aliphatic rings. The lowest BCUT2D eigenvalue weighted by atomic mass is 9.81. The Morgan fingerprint density at radius 3 is 2.10 bits per heavy atom. The van der Waals surface area contributed by atoms with Gasteiger partial charge in [-0.25, -0.2) is 4.79 Å². The summed E-state index contributed by atoms with van der Waals surface area (Å²) in [5, 5.41) is 8.76. The van der Waals surface area contributed by atoms with Crippen molar-refractivity contribution < 1.29 is 4.79 Å². The normalized spacial score (nSPS) is 28.6. The van der Waals surface area contributed by atoms with Crippen molar-refractivity contribution in [2.24, 2.45) is 5.41 Å². The fraction of sp³-hybridized carbons (Fsp3) is 0.833. The van der Waals surface area contributed by atoms with Crippen molar-refractivity contribution in [3.8, 4) is 0 Å². The van der Waals surface area contributed by atoms with E-state index in [2.05, 4.69) is 16.0 Å². The van der Waals surface area contributed by atoms with E-state index >= 15 is 0 Å². The third-order valence-corrected chi connectivity index (χ3v) is 2.25. The van der Waals surface area contributed by atoms with Crippen molar-refractivity contribution in [1.82, 2.24) is 16.0 Å². The van der Waals surface area contributed by atoms with Gasteiger partial charge in [0.05, 0.1) is 0 Å². The van der Waals surface area contributed by atoms with Crippen LogP contribution in [-0.4, -0.2) is 32.2 Å². The third-order valence-electron chi connectivity index (χ3n) is 2.25. The zero-order chi connectivity index (χ0) is 7.03. The molecule has 0 bridgehead atoms. The number of amides is 2. The minimum Gasteiger partial charge on any atom is -0.337 e. The first kappa shape index (κ1) is 5.97. The van der Waals surface area contributed by atoms with Crippen molar-refractivity contribution in [2.45, 2.75) is 0 Å². The number of hydrogen-bond acceptors (Lipinski definition) is 2. The summed E-state index contributed by atoms with van der Waals surface area (Å²) in [5.41, 5.74) is 0.327. The average Bonchev–Trinajstić information content (AvgIpc) is 1.86. The third kappa shape index (κ3) is 0.759. The Balaban J connectivity index is 1.96. The topological polar surface area (TPSA) is 53.2 Å². The number of urea groups is 1. The second kappa shape index (κ2) is 1.85. The molecule has 0 radical (unpaired) electrons. The Labute approximate surface area is 59.4 Å². The molecule has 2 aliphatic heterocycles. The molecule has 4 heteroatoms. The largest absolute Gasteiger partial charge is 0.337 e. The van der Waals surface area contributed by atoms with Gasteiger partial charge in [-0.3, -0.25) is 0 Å². The summed E-state index contributed by atoms with van der Waals surface area (Å²) < 4.78 is 0. The molecule has 0 atom stereocenters. The van der Waals surface area contributed by atoms with Crippen LogP contribution in [0, 0.1) is 5.41 Å². The number of carbonyl (C=O) groups excluding carboxylic acids is 1. The van der Waals surface area contributed by atoms with E-state index in [1.54, 1.807) is 0 Å². The van der Waals surface area contributed by atoms with Gasteiger partial charge in [-0.1, -0.05) is 0 Å². The van der Waals surface area contributed by atoms with Crippen LogP contribution in [-0.2, 0) is 0 Å². The molecule has 0 saturated carbocycles. The molecule has 0 aromatic heterocycles. The van der Waals surface area contributed by atoms with E-state index in [9.17, 15) is 4.79 Å². The van der Waals surface area contributed by atoms with Gasteiger partial charge in [0.2, 0.25) is 0 Å². The van der Waals surface area contributed by atoms with Crippen LogP contribution in [0.3, 0.4) is 0 Å². The molecule has 56 valence electrons. The Hall–Kier alpha value is -0.770. The summed E-state index contributed by atoms with van der Waals surface area (Å²) in [7, 11) is 0. The lowest BCUT2D eigenvalue weighted by Gasteiger charge is -2.45. The molecular weight excluding hydrogens is 130 g/mol. The predicted octanol–water partition coefficient (Wildman–Crippen LogP) is -1.11. The van der Waals surface area contributed by atoms with Crippen LogP contribution >= 0.6 is 0 Å². The number of nitrogens with one attached hydrogen (secondary N) is 3. The molecule has 1 spiro atoms. The van der Waals surface area contributed by atoms with E-state index in [0.29, 0.717) is 5.41 Å². The smallest absolute Gasteiger partial charge is 0.314 e. The molecule has 2 fully saturated rings. The van der Waals surface area contributed by atoms with Crippen LogP contribution in [0.4, 0.5) is 4.79 Å². The van der Waals surface area contributed by atoms with Crippen LogP contribution in [0.1, 0.15) is 0 Å². The monoisotopic (exact) mass is 141 g/mol. The van der Waals surface area contributed by atoms with Crippen LogP contribution in [0.25, 0.3) is 0 Å². The molecule has 0 unspecified atom stereocenters. The van der Waals surface area contributed by atoms with E-state index in [-0.39, 0.29) is 6.03 Å². The summed E-state index contributed by atoms with van der Waals surface area (Å²) in [6.45, 7) is 3.71. The van der Waals surface area contributed by atoms with E-state index in [4.69, 9.17) is 0 Å². The highest BCUT2D eigenvalue weighted by molar-refractivity contribution is 5.74. The van der Waals surface area contributed by atoms with E-state index < -0.39 is 0 Å². The Morgan fingerprint density at radius 1 is 1.10 bits per heavy atom. The number of rotatable bonds is 0. The second-order valence-electron chi connectivity index (χ2n) is 3.14. The Kier molecular flexibility index (Phi) is 1.11. The lowest BCUT2D eigenvalue weighted by molar-refractivity contribution is 0.139. The molecule has 2 heterocycles. The summed E-state index contributed by atoms with van der Waals surface area (Å²) in [6.07, 6.45) is 0. The van der Waals surface area contributed by atoms with Gasteiger partial charge >= 0.3 is 6.03 Å². The summed E-state index contributed by atoms with van der Waals surface area (Å²) in [5.74, 6) is 0. The van der Waals surface area contributed by atoms with Crippen LogP contribution in [0.15, 0.2) is 0 Å². The number of carbonyl (C=O) groups is 1. The van der Waals surface area contributed by atoms with Gasteiger partial charge < -0.3 is 16.0 Å². The summed E-state index contributed by atoms with van der Waals surface area (Å²) in [4.78, 5) is 10.6. The molecule has 0 aromatic carbocycles. The first-order chi connectivity index (χ1) is 4.81. The number of hydrogen-bond donors (Lipinski definition) is 3. The SMILES string of the molecule is O=C1NCC2(CNC2)CN1. The van der Waals surface area contributed by atoms with Crippen molar-refractivity contribution in [3.63, 3.8) is 0 Å². The summed E-state index contributed by atoms with van der Waals surface area (Å²) in [6, 6.07) is -0.0301. The van der Waals surface area contributed by atoms with Crippen molar-refractivity contribution >= 4 is 6.03 Å². The van der Waals surface area contributed by atoms with E-state index in [0.717, 1.165) is 26.2 Å². The van der Waals surface area contributed by atoms with Gasteiger partial charge in [0.1, 0.15) is 0 Å². The van der Waals surface area contributed by atoms with E-state index in [1.165, 1.54) is 0 Å². The zero-order valence-corrected chi connectivity index (χ0v) is 5.74. The first-order valence-electron chi connectivity index (χ1n) is 3.53. The Morgan fingerprint density at radius 2 is 1.70 bits per heavy atom. The van der Waals surface area contributed by atoms with Crippen molar-refractivity contribution in [1.29, 1.82) is 0 Å². The second-order valence-corrected chi connectivity index (χ2v) is 3.14. The molecule has 0 aromatic rings. The van der Waals surface area contributed by atoms with Gasteiger partial charge in [-0.2, -0.15) is 0 Å². The highest BCUT2D eigenvalue weighted by Crippen LogP contribution is 2.21. The summed E-state index contributed by atoms with van der Waals surface area (Å²) >= 11 is 0. The van der Waals surface area contributed by atoms with E-state index in [1.807, 2.05) is 0 Å². The van der Waals surface area contributed by atoms with Gasteiger partial charge in [-0.15, -0.1) is 0 Å². The Bertz CT molecular complexity index is 152. The highest BCUT2D eigenvalue weighted by Gasteiger charge is 2.39. The van der Waals surface area contributed by atoms with Crippen LogP contribution < -0.4 is 16.0 Å². The van der Waals surface area contributed by atoms with Crippen molar-refractivity contribution in [3.05, 3.63) is 0 Å². The molecular formula is C6H11N3O. The minimum absolute atomic E-state index is 0.0301. The standard InChI is InChI=1S/C6H11N3O/c10-5-8-3-6(4-9-5)1-7-2-6/h7H,1-4H2,(H2,8,9,10). The maximum Gasteiger partial charge on any atom is 0.314 e. The maximum absolute atomic E-state index is 10.6. The molecule has 2 rings (SSSR count). The molecule has 10 heavy (non-hydrogen) atoms. The lowest BCUT2D eigenvalue weighted by Crippen LogP contribution is -2.67. The maximum atomic E-state index is 10.6. The highest BCUT2D eigenvalue weighted by atomic mass is 16.2. The van der Waals surface area contributed by atoms with Crippen molar-refractivity contribution in [2.75, 3.05) is 26.2 Å². The van der Waals surface area contributed by atoms with Gasteiger partial charge in [0.25, 0.3) is 0 Å². The molecule has 3 N–H and O–H groups in total. The first-order valence-corrected chi connectivity index (χ1v) is 3.53. The minimum atomic E-state index is -0.0301. The van der Waals surface area contributed by atoms with Gasteiger partial charge in [0.15, 0.2) is 0 Å². The quantitative estimate of drug-likeness (QED) is 0.400. The van der Waals surface area contributed by atoms with Gasteiger partial charge in [0, 0.05) is 31.6 Å². The fourth-order valence-corrected chi connectivity index (χ4v) is 1.39. The predicted molar refractivity (Wildman–Crippen MR) is 36.7 cm³/mol. The zero-order valence-electron chi connectivity index (χ0n) is 5.74. The van der Waals surface area contributed by atoms with Crippen LogP contribution in [0.5, 0.6) is 0 Å². The molecule has 2 amide bonds. The van der Waals surface area contributed by atoms with Crippen LogP contribution in [0.2, 0.25) is 0 Å². The van der Waals surface area contributed by atoms with Gasteiger partial charge in [-0.05, 0) is 0 Å². The molecule has 4 nitrogen and oxygen atoms in total. The average molecular weight is 141 g/mol. The fourth-order valence-electron chi connectivity index (χ4n) is 1.39. The molecule has 2 saturated heterocycles. The molecule has 0 aliphatic carbocycles.